The second-order valence-corrected chi connectivity index (χ2v) is 8.60. The Bertz CT molecular complexity index is 1150. The van der Waals surface area contributed by atoms with Gasteiger partial charge in [-0.25, -0.2) is 9.97 Å². The minimum atomic E-state index is -0.115. The van der Waals surface area contributed by atoms with Gasteiger partial charge in [0, 0.05) is 6.20 Å². The molecule has 1 amide bonds. The highest BCUT2D eigenvalue weighted by Crippen LogP contribution is 2.36. The Morgan fingerprint density at radius 1 is 1.10 bits per heavy atom. The number of pyridine rings is 1. The van der Waals surface area contributed by atoms with E-state index in [-0.39, 0.29) is 5.91 Å². The number of aromatic nitrogens is 3. The highest BCUT2D eigenvalue weighted by molar-refractivity contribution is 7.22. The normalized spacial score (nSPS) is 11.0. The monoisotopic (exact) mass is 424 g/mol. The smallest absolute Gasteiger partial charge is 0.272 e. The number of amides is 1. The highest BCUT2D eigenvalue weighted by Gasteiger charge is 2.26. The van der Waals surface area contributed by atoms with Crippen LogP contribution in [0.25, 0.3) is 10.2 Å². The zero-order chi connectivity index (χ0) is 20.4. The zero-order valence-electron chi connectivity index (χ0n) is 16.4. The molecule has 0 N–H and O–H groups in total. The van der Waals surface area contributed by atoms with Crippen LogP contribution in [0.1, 0.15) is 33.0 Å². The molecule has 0 aliphatic carbocycles. The van der Waals surface area contributed by atoms with E-state index in [0.29, 0.717) is 23.2 Å². The molecule has 148 valence electrons. The average molecular weight is 425 g/mol. The average Bonchev–Trinajstić information content (AvgIpc) is 3.30. The lowest BCUT2D eigenvalue weighted by Gasteiger charge is -2.19. The fourth-order valence-corrected chi connectivity index (χ4v) is 4.88. The van der Waals surface area contributed by atoms with Crippen molar-refractivity contribution in [3.8, 4) is 5.75 Å². The molecule has 8 heteroatoms. The molecule has 4 aromatic rings. The molecule has 4 rings (SSSR count). The van der Waals surface area contributed by atoms with Crippen LogP contribution < -0.4 is 9.64 Å². The predicted octanol–water partition coefficient (Wildman–Crippen LogP) is 5.01. The standard InChI is InChI=1S/C21H20N4O2S2/c1-4-27-16-9-7-10-17-18(16)24-21(29-17)25(12-15-8-5-6-11-22-15)20(26)19-13(2)23-14(3)28-19/h5-11H,4,12H2,1-3H3. The molecule has 0 saturated carbocycles. The van der Waals surface area contributed by atoms with Gasteiger partial charge in [0.25, 0.3) is 5.91 Å². The van der Waals surface area contributed by atoms with Crippen molar-refractivity contribution < 1.29 is 9.53 Å². The molecule has 0 radical (unpaired) electrons. The van der Waals surface area contributed by atoms with Crippen LogP contribution in [0.4, 0.5) is 5.13 Å². The first-order valence-corrected chi connectivity index (χ1v) is 10.9. The van der Waals surface area contributed by atoms with Gasteiger partial charge in [0.1, 0.15) is 16.1 Å². The summed E-state index contributed by atoms with van der Waals surface area (Å²) in [5.41, 5.74) is 2.30. The number of fused-ring (bicyclic) bond motifs is 1. The molecule has 6 nitrogen and oxygen atoms in total. The molecule has 0 unspecified atom stereocenters. The van der Waals surface area contributed by atoms with Gasteiger partial charge in [-0.1, -0.05) is 23.5 Å². The molecule has 0 saturated heterocycles. The van der Waals surface area contributed by atoms with E-state index in [1.165, 1.54) is 22.7 Å². The van der Waals surface area contributed by atoms with Gasteiger partial charge in [-0.05, 0) is 45.0 Å². The number of rotatable bonds is 6. The van der Waals surface area contributed by atoms with Gasteiger partial charge in [0.05, 0.1) is 34.2 Å². The number of hydrogen-bond donors (Lipinski definition) is 0. The van der Waals surface area contributed by atoms with Crippen molar-refractivity contribution in [2.24, 2.45) is 0 Å². The Balaban J connectivity index is 1.79. The van der Waals surface area contributed by atoms with Crippen molar-refractivity contribution in [2.75, 3.05) is 11.5 Å². The van der Waals surface area contributed by atoms with E-state index >= 15 is 0 Å². The van der Waals surface area contributed by atoms with E-state index in [9.17, 15) is 4.79 Å². The Hall–Kier alpha value is -2.84. The lowest BCUT2D eigenvalue weighted by Crippen LogP contribution is -2.30. The molecule has 1 aromatic carbocycles. The number of nitrogens with zero attached hydrogens (tertiary/aromatic N) is 4. The van der Waals surface area contributed by atoms with Crippen LogP contribution in [0.2, 0.25) is 0 Å². The summed E-state index contributed by atoms with van der Waals surface area (Å²) >= 11 is 2.87. The third-order valence-electron chi connectivity index (χ3n) is 4.29. The number of carbonyl (C=O) groups excluding carboxylic acids is 1. The third-order valence-corrected chi connectivity index (χ3v) is 6.40. The third kappa shape index (κ3) is 3.99. The van der Waals surface area contributed by atoms with E-state index in [1.54, 1.807) is 11.1 Å². The highest BCUT2D eigenvalue weighted by atomic mass is 32.1. The van der Waals surface area contributed by atoms with Crippen molar-refractivity contribution in [3.63, 3.8) is 0 Å². The maximum Gasteiger partial charge on any atom is 0.272 e. The van der Waals surface area contributed by atoms with Crippen molar-refractivity contribution in [1.82, 2.24) is 15.0 Å². The summed E-state index contributed by atoms with van der Waals surface area (Å²) < 4.78 is 6.69. The minimum Gasteiger partial charge on any atom is -0.492 e. The van der Waals surface area contributed by atoms with E-state index in [2.05, 4.69) is 9.97 Å². The maximum absolute atomic E-state index is 13.5. The van der Waals surface area contributed by atoms with Crippen LogP contribution in [-0.2, 0) is 6.54 Å². The number of ether oxygens (including phenoxy) is 1. The molecule has 0 fully saturated rings. The first-order valence-electron chi connectivity index (χ1n) is 9.25. The van der Waals surface area contributed by atoms with Crippen LogP contribution >= 0.6 is 22.7 Å². The van der Waals surface area contributed by atoms with Crippen molar-refractivity contribution in [1.29, 1.82) is 0 Å². The Morgan fingerprint density at radius 3 is 2.66 bits per heavy atom. The summed E-state index contributed by atoms with van der Waals surface area (Å²) in [4.78, 5) is 29.4. The molecular weight excluding hydrogens is 404 g/mol. The van der Waals surface area contributed by atoms with Gasteiger partial charge >= 0.3 is 0 Å². The first kappa shape index (κ1) is 19.5. The van der Waals surface area contributed by atoms with Crippen molar-refractivity contribution in [3.05, 3.63) is 63.9 Å². The molecule has 0 aliphatic rings. The fraction of sp³-hybridized carbons (Fsp3) is 0.238. The molecule has 0 spiro atoms. The molecule has 29 heavy (non-hydrogen) atoms. The Labute approximate surface area is 176 Å². The largest absolute Gasteiger partial charge is 0.492 e. The molecule has 0 aliphatic heterocycles. The minimum absolute atomic E-state index is 0.115. The number of benzene rings is 1. The van der Waals surface area contributed by atoms with Crippen LogP contribution in [0.3, 0.4) is 0 Å². The summed E-state index contributed by atoms with van der Waals surface area (Å²) in [6.45, 7) is 6.60. The summed E-state index contributed by atoms with van der Waals surface area (Å²) in [6, 6.07) is 11.5. The number of aryl methyl sites for hydroxylation is 2. The topological polar surface area (TPSA) is 68.2 Å². The predicted molar refractivity (Wildman–Crippen MR) is 117 cm³/mol. The van der Waals surface area contributed by atoms with Crippen LogP contribution in [0.5, 0.6) is 5.75 Å². The lowest BCUT2D eigenvalue weighted by atomic mass is 10.3. The number of thiazole rings is 2. The van der Waals surface area contributed by atoms with E-state index in [0.717, 1.165) is 32.4 Å². The van der Waals surface area contributed by atoms with E-state index in [1.807, 2.05) is 57.2 Å². The lowest BCUT2D eigenvalue weighted by molar-refractivity contribution is 0.0988. The molecule has 3 heterocycles. The first-order chi connectivity index (χ1) is 14.1. The zero-order valence-corrected chi connectivity index (χ0v) is 18.0. The Kier molecular flexibility index (Phi) is 5.55. The van der Waals surface area contributed by atoms with Crippen molar-refractivity contribution >= 4 is 43.9 Å². The maximum atomic E-state index is 13.5. The van der Waals surface area contributed by atoms with Gasteiger partial charge in [0.15, 0.2) is 5.13 Å². The molecule has 3 aromatic heterocycles. The van der Waals surface area contributed by atoms with Gasteiger partial charge in [0.2, 0.25) is 0 Å². The summed E-state index contributed by atoms with van der Waals surface area (Å²) in [7, 11) is 0. The summed E-state index contributed by atoms with van der Waals surface area (Å²) in [6.07, 6.45) is 1.73. The Morgan fingerprint density at radius 2 is 1.97 bits per heavy atom. The van der Waals surface area contributed by atoms with Gasteiger partial charge < -0.3 is 4.74 Å². The molecule has 0 bridgehead atoms. The quantitative estimate of drug-likeness (QED) is 0.435. The number of para-hydroxylation sites is 1. The van der Waals surface area contributed by atoms with Crippen LogP contribution in [0.15, 0.2) is 42.6 Å². The molecule has 0 atom stereocenters. The van der Waals surface area contributed by atoms with Crippen molar-refractivity contribution in [2.45, 2.75) is 27.3 Å². The summed E-state index contributed by atoms with van der Waals surface area (Å²) in [5, 5.41) is 1.49. The fourth-order valence-electron chi connectivity index (χ4n) is 3.03. The number of anilines is 1. The van der Waals surface area contributed by atoms with E-state index in [4.69, 9.17) is 9.72 Å². The van der Waals surface area contributed by atoms with Gasteiger partial charge in [-0.3, -0.25) is 14.7 Å². The molecular formula is C21H20N4O2S2. The number of hydrogen-bond acceptors (Lipinski definition) is 7. The number of carbonyl (C=O) groups is 1. The van der Waals surface area contributed by atoms with E-state index < -0.39 is 0 Å². The SMILES string of the molecule is CCOc1cccc2sc(N(Cc3ccccn3)C(=O)c3sc(C)nc3C)nc12. The summed E-state index contributed by atoms with van der Waals surface area (Å²) in [5.74, 6) is 0.610. The van der Waals surface area contributed by atoms with Gasteiger partial charge in [-0.2, -0.15) is 0 Å². The van der Waals surface area contributed by atoms with Crippen LogP contribution in [0, 0.1) is 13.8 Å². The van der Waals surface area contributed by atoms with Crippen LogP contribution in [-0.4, -0.2) is 27.5 Å². The van der Waals surface area contributed by atoms with Gasteiger partial charge in [-0.15, -0.1) is 11.3 Å². The second kappa shape index (κ2) is 8.26. The second-order valence-electron chi connectivity index (χ2n) is 6.39.